The zero-order chi connectivity index (χ0) is 18.9. The number of rotatable bonds is 10. The van der Waals surface area contributed by atoms with Gasteiger partial charge >= 0.3 is 0 Å². The van der Waals surface area contributed by atoms with Crippen LogP contribution in [0.4, 0.5) is 0 Å². The van der Waals surface area contributed by atoms with Crippen molar-refractivity contribution in [3.63, 3.8) is 0 Å². The molecule has 1 aromatic heterocycles. The first kappa shape index (κ1) is 19.1. The smallest absolute Gasteiger partial charge is 0.220 e. The van der Waals surface area contributed by atoms with Crippen LogP contribution in [0.2, 0.25) is 0 Å². The highest BCUT2D eigenvalue weighted by atomic mass is 16.5. The van der Waals surface area contributed by atoms with E-state index in [1.165, 1.54) is 0 Å². The highest BCUT2D eigenvalue weighted by Crippen LogP contribution is 2.22. The maximum atomic E-state index is 12.2. The number of nitrogens with one attached hydrogen (secondary N) is 2. The lowest BCUT2D eigenvalue weighted by molar-refractivity contribution is -0.121. The van der Waals surface area contributed by atoms with E-state index in [1.54, 1.807) is 7.11 Å². The molecule has 0 aliphatic carbocycles. The quantitative estimate of drug-likeness (QED) is 0.540. The molecule has 1 amide bonds. The second-order valence-electron chi connectivity index (χ2n) is 6.28. The molecule has 2 aromatic carbocycles. The molecule has 142 valence electrons. The molecule has 0 fully saturated rings. The predicted octanol–water partition coefficient (Wildman–Crippen LogP) is 2.31. The predicted molar refractivity (Wildman–Crippen MR) is 107 cm³/mol. The Balaban J connectivity index is 1.62. The number of fused-ring (bicyclic) bond motifs is 1. The summed E-state index contributed by atoms with van der Waals surface area (Å²) in [5.74, 6) is 0.936. The molecular weight excluding hydrogens is 340 g/mol. The molecule has 0 spiro atoms. The Bertz CT molecular complexity index is 861. The third-order valence-electron chi connectivity index (χ3n) is 4.33. The summed E-state index contributed by atoms with van der Waals surface area (Å²) < 4.78 is 7.10. The van der Waals surface area contributed by atoms with E-state index in [0.717, 1.165) is 35.6 Å². The van der Waals surface area contributed by atoms with Crippen LogP contribution in [0.15, 0.2) is 54.6 Å². The molecule has 0 radical (unpaired) electrons. The van der Waals surface area contributed by atoms with Crippen LogP contribution in [0.1, 0.15) is 12.2 Å². The largest absolute Gasteiger partial charge is 0.383 e. The molecule has 1 heterocycles. The summed E-state index contributed by atoms with van der Waals surface area (Å²) in [6.45, 7) is 2.80. The standard InChI is InChI=1S/C21H26N4O2/c1-27-16-15-22-13-14-23-21(26)12-11-20-24-18-9-5-6-10-19(18)25(20)17-7-3-2-4-8-17/h2-10,22H,11-16H2,1H3,(H,23,26). The minimum Gasteiger partial charge on any atom is -0.383 e. The number of benzene rings is 2. The van der Waals surface area contributed by atoms with Gasteiger partial charge in [-0.15, -0.1) is 0 Å². The van der Waals surface area contributed by atoms with Gasteiger partial charge in [-0.3, -0.25) is 9.36 Å². The molecule has 0 unspecified atom stereocenters. The monoisotopic (exact) mass is 366 g/mol. The molecule has 0 atom stereocenters. The lowest BCUT2D eigenvalue weighted by Gasteiger charge is -2.10. The van der Waals surface area contributed by atoms with Crippen LogP contribution in [0.25, 0.3) is 16.7 Å². The van der Waals surface area contributed by atoms with E-state index in [2.05, 4.69) is 33.4 Å². The highest BCUT2D eigenvalue weighted by molar-refractivity contribution is 5.79. The van der Waals surface area contributed by atoms with Gasteiger partial charge in [-0.2, -0.15) is 0 Å². The van der Waals surface area contributed by atoms with Crippen molar-refractivity contribution < 1.29 is 9.53 Å². The van der Waals surface area contributed by atoms with E-state index in [9.17, 15) is 4.79 Å². The van der Waals surface area contributed by atoms with Crippen molar-refractivity contribution in [1.82, 2.24) is 20.2 Å². The number of aromatic nitrogens is 2. The summed E-state index contributed by atoms with van der Waals surface area (Å²) in [6.07, 6.45) is 1.00. The third kappa shape index (κ3) is 5.15. The Morgan fingerprint density at radius 3 is 2.63 bits per heavy atom. The third-order valence-corrected chi connectivity index (χ3v) is 4.33. The number of nitrogens with zero attached hydrogens (tertiary/aromatic N) is 2. The van der Waals surface area contributed by atoms with Gasteiger partial charge in [-0.1, -0.05) is 30.3 Å². The normalized spacial score (nSPS) is 11.0. The van der Waals surface area contributed by atoms with Gasteiger partial charge in [0.25, 0.3) is 0 Å². The molecule has 0 aliphatic heterocycles. The van der Waals surface area contributed by atoms with Gasteiger partial charge in [0.2, 0.25) is 5.91 Å². The van der Waals surface area contributed by atoms with Crippen LogP contribution in [0.3, 0.4) is 0 Å². The van der Waals surface area contributed by atoms with E-state index in [0.29, 0.717) is 26.0 Å². The van der Waals surface area contributed by atoms with Crippen molar-refractivity contribution in [2.75, 3.05) is 33.4 Å². The second kappa shape index (κ2) is 9.85. The van der Waals surface area contributed by atoms with Crippen LogP contribution in [0, 0.1) is 0 Å². The fraction of sp³-hybridized carbons (Fsp3) is 0.333. The number of hydrogen-bond donors (Lipinski definition) is 2. The molecule has 0 bridgehead atoms. The van der Waals surface area contributed by atoms with Crippen molar-refractivity contribution in [1.29, 1.82) is 0 Å². The van der Waals surface area contributed by atoms with Crippen LogP contribution in [-0.2, 0) is 16.0 Å². The van der Waals surface area contributed by atoms with Crippen molar-refractivity contribution in [2.24, 2.45) is 0 Å². The van der Waals surface area contributed by atoms with Crippen molar-refractivity contribution in [3.05, 3.63) is 60.4 Å². The van der Waals surface area contributed by atoms with Crippen LogP contribution in [-0.4, -0.2) is 48.8 Å². The fourth-order valence-electron chi connectivity index (χ4n) is 3.01. The number of para-hydroxylation sites is 3. The molecule has 6 nitrogen and oxygen atoms in total. The number of imidazole rings is 1. The zero-order valence-corrected chi connectivity index (χ0v) is 15.6. The van der Waals surface area contributed by atoms with Crippen molar-refractivity contribution >= 4 is 16.9 Å². The molecule has 0 saturated carbocycles. The molecular formula is C21H26N4O2. The lowest BCUT2D eigenvalue weighted by atomic mass is 10.2. The summed E-state index contributed by atoms with van der Waals surface area (Å²) >= 11 is 0. The first-order valence-corrected chi connectivity index (χ1v) is 9.27. The number of methoxy groups -OCH3 is 1. The van der Waals surface area contributed by atoms with Gasteiger partial charge in [0.15, 0.2) is 0 Å². The Morgan fingerprint density at radius 2 is 1.81 bits per heavy atom. The Hall–Kier alpha value is -2.70. The average Bonchev–Trinajstić information content (AvgIpc) is 3.08. The van der Waals surface area contributed by atoms with Crippen LogP contribution < -0.4 is 10.6 Å². The molecule has 3 aromatic rings. The minimum atomic E-state index is 0.0372. The summed E-state index contributed by atoms with van der Waals surface area (Å²) in [5.41, 5.74) is 3.06. The molecule has 0 aliphatic rings. The van der Waals surface area contributed by atoms with Gasteiger partial charge in [0, 0.05) is 45.3 Å². The van der Waals surface area contributed by atoms with Gasteiger partial charge in [-0.25, -0.2) is 4.98 Å². The van der Waals surface area contributed by atoms with Gasteiger partial charge in [-0.05, 0) is 24.3 Å². The maximum absolute atomic E-state index is 12.2. The van der Waals surface area contributed by atoms with E-state index in [1.807, 2.05) is 36.4 Å². The maximum Gasteiger partial charge on any atom is 0.220 e. The fourth-order valence-corrected chi connectivity index (χ4v) is 3.01. The van der Waals surface area contributed by atoms with Gasteiger partial charge < -0.3 is 15.4 Å². The average molecular weight is 366 g/mol. The summed E-state index contributed by atoms with van der Waals surface area (Å²) in [7, 11) is 1.67. The highest BCUT2D eigenvalue weighted by Gasteiger charge is 2.13. The Morgan fingerprint density at radius 1 is 1.04 bits per heavy atom. The molecule has 2 N–H and O–H groups in total. The van der Waals surface area contributed by atoms with Gasteiger partial charge in [0.1, 0.15) is 5.82 Å². The number of aryl methyl sites for hydroxylation is 1. The van der Waals surface area contributed by atoms with E-state index in [4.69, 9.17) is 9.72 Å². The van der Waals surface area contributed by atoms with Gasteiger partial charge in [0.05, 0.1) is 17.6 Å². The minimum absolute atomic E-state index is 0.0372. The van der Waals surface area contributed by atoms with Crippen molar-refractivity contribution in [3.8, 4) is 5.69 Å². The molecule has 27 heavy (non-hydrogen) atoms. The van der Waals surface area contributed by atoms with E-state index in [-0.39, 0.29) is 5.91 Å². The Labute approximate surface area is 159 Å². The number of amides is 1. The molecule has 0 saturated heterocycles. The van der Waals surface area contributed by atoms with E-state index >= 15 is 0 Å². The SMILES string of the molecule is COCCNCCNC(=O)CCc1nc2ccccc2n1-c1ccccc1. The first-order valence-electron chi connectivity index (χ1n) is 9.27. The number of carbonyl (C=O) groups excluding carboxylic acids is 1. The summed E-state index contributed by atoms with van der Waals surface area (Å²) in [6, 6.07) is 18.2. The zero-order valence-electron chi connectivity index (χ0n) is 15.6. The summed E-state index contributed by atoms with van der Waals surface area (Å²) in [5, 5.41) is 6.15. The number of hydrogen-bond acceptors (Lipinski definition) is 4. The first-order chi connectivity index (χ1) is 13.3. The molecule has 3 rings (SSSR count). The lowest BCUT2D eigenvalue weighted by Crippen LogP contribution is -2.33. The van der Waals surface area contributed by atoms with Crippen LogP contribution in [0.5, 0.6) is 0 Å². The van der Waals surface area contributed by atoms with Crippen LogP contribution >= 0.6 is 0 Å². The topological polar surface area (TPSA) is 68.2 Å². The number of ether oxygens (including phenoxy) is 1. The Kier molecular flexibility index (Phi) is 6.96. The van der Waals surface area contributed by atoms with E-state index < -0.39 is 0 Å². The summed E-state index contributed by atoms with van der Waals surface area (Å²) in [4.78, 5) is 16.9. The molecule has 6 heteroatoms. The van der Waals surface area contributed by atoms with Crippen molar-refractivity contribution in [2.45, 2.75) is 12.8 Å². The number of carbonyl (C=O) groups is 1. The second-order valence-corrected chi connectivity index (χ2v) is 6.28.